The van der Waals surface area contributed by atoms with Crippen molar-refractivity contribution in [2.45, 2.75) is 122 Å². The van der Waals surface area contributed by atoms with Crippen LogP contribution in [-0.2, 0) is 49.6 Å². The molecule has 5 N–H and O–H groups in total. The third kappa shape index (κ3) is 15.1. The zero-order valence-electron chi connectivity index (χ0n) is 36.7. The second-order valence-electron chi connectivity index (χ2n) is 16.8. The molecular formula is C48H58N4O12. The predicted molar refractivity (Wildman–Crippen MR) is 233 cm³/mol. The number of rotatable bonds is 24. The van der Waals surface area contributed by atoms with Gasteiger partial charge in [0, 0.05) is 44.6 Å². The van der Waals surface area contributed by atoms with Crippen molar-refractivity contribution in [2.24, 2.45) is 11.7 Å². The number of ether oxygens (including phenoxy) is 2. The van der Waals surface area contributed by atoms with E-state index >= 15 is 0 Å². The molecule has 5 atom stereocenters. The first kappa shape index (κ1) is 50.1. The predicted octanol–water partition coefficient (Wildman–Crippen LogP) is 4.82. The largest absolute Gasteiger partial charge is 0.478 e. The van der Waals surface area contributed by atoms with Crippen LogP contribution in [0.15, 0.2) is 84.9 Å². The lowest BCUT2D eigenvalue weighted by atomic mass is 9.87. The third-order valence-corrected chi connectivity index (χ3v) is 10.6. The molecule has 342 valence electrons. The van der Waals surface area contributed by atoms with Gasteiger partial charge in [-0.15, -0.1) is 0 Å². The molecule has 1 saturated heterocycles. The zero-order valence-corrected chi connectivity index (χ0v) is 36.7. The summed E-state index contributed by atoms with van der Waals surface area (Å²) in [5.74, 6) is -8.28. The van der Waals surface area contributed by atoms with E-state index in [0.717, 1.165) is 5.56 Å². The Morgan fingerprint density at radius 2 is 1.44 bits per heavy atom. The van der Waals surface area contributed by atoms with Crippen LogP contribution in [0.1, 0.15) is 123 Å². The van der Waals surface area contributed by atoms with Crippen molar-refractivity contribution in [2.75, 3.05) is 6.54 Å². The highest BCUT2D eigenvalue weighted by Gasteiger charge is 2.43. The highest BCUT2D eigenvalue weighted by atomic mass is 16.6. The summed E-state index contributed by atoms with van der Waals surface area (Å²) in [4.78, 5) is 120. The molecule has 1 aliphatic heterocycles. The van der Waals surface area contributed by atoms with Gasteiger partial charge in [-0.1, -0.05) is 86.1 Å². The Balaban J connectivity index is 1.55. The SMILES string of the molecule is CCCC(CC(=O)[C@@H]1C[C@@H](OCc2ccccc2)CN1C(=O)[C@H](CCCC(=O)OC(C)(C)C)NC(=O)c1ccccc1C(=O)O)C(=O)C(=O)CCC(=O)N[C@H](C(N)=O)c1ccccc1. The van der Waals surface area contributed by atoms with Gasteiger partial charge in [-0.25, -0.2) is 4.79 Å². The number of primary amides is 1. The summed E-state index contributed by atoms with van der Waals surface area (Å²) in [6.07, 6.45) is -1.49. The Bertz CT molecular complexity index is 2150. The summed E-state index contributed by atoms with van der Waals surface area (Å²) in [6.45, 7) is 6.98. The number of hydrogen-bond acceptors (Lipinski definition) is 11. The minimum Gasteiger partial charge on any atom is -0.478 e. The summed E-state index contributed by atoms with van der Waals surface area (Å²) in [5, 5.41) is 14.9. The topological polar surface area (TPSA) is 246 Å². The molecule has 1 fully saturated rings. The van der Waals surface area contributed by atoms with Crippen LogP contribution in [0.25, 0.3) is 0 Å². The van der Waals surface area contributed by atoms with E-state index in [9.17, 15) is 48.3 Å². The molecule has 1 heterocycles. The van der Waals surface area contributed by atoms with E-state index in [4.69, 9.17) is 15.2 Å². The second kappa shape index (κ2) is 23.8. The number of carboxylic acid groups (broad SMARTS) is 1. The summed E-state index contributed by atoms with van der Waals surface area (Å²) >= 11 is 0. The van der Waals surface area contributed by atoms with Gasteiger partial charge in [0.2, 0.25) is 23.5 Å². The second-order valence-corrected chi connectivity index (χ2v) is 16.8. The van der Waals surface area contributed by atoms with Crippen LogP contribution >= 0.6 is 0 Å². The van der Waals surface area contributed by atoms with E-state index in [0.29, 0.717) is 12.0 Å². The number of likely N-dealkylation sites (tertiary alicyclic amines) is 1. The van der Waals surface area contributed by atoms with Crippen LogP contribution in [0.4, 0.5) is 0 Å². The van der Waals surface area contributed by atoms with Crippen molar-refractivity contribution in [3.05, 3.63) is 107 Å². The van der Waals surface area contributed by atoms with Crippen molar-refractivity contribution in [3.8, 4) is 0 Å². The Morgan fingerprint density at radius 3 is 2.05 bits per heavy atom. The van der Waals surface area contributed by atoms with Gasteiger partial charge in [0.1, 0.15) is 17.7 Å². The number of aromatic carboxylic acids is 1. The van der Waals surface area contributed by atoms with Gasteiger partial charge >= 0.3 is 11.9 Å². The summed E-state index contributed by atoms with van der Waals surface area (Å²) in [5.41, 5.74) is 5.51. The number of benzene rings is 3. The van der Waals surface area contributed by atoms with E-state index in [-0.39, 0.29) is 56.4 Å². The first-order valence-corrected chi connectivity index (χ1v) is 21.4. The molecule has 16 heteroatoms. The van der Waals surface area contributed by atoms with Crippen LogP contribution < -0.4 is 16.4 Å². The first-order chi connectivity index (χ1) is 30.4. The van der Waals surface area contributed by atoms with Gasteiger partial charge in [-0.2, -0.15) is 0 Å². The van der Waals surface area contributed by atoms with Gasteiger partial charge < -0.3 is 35.8 Å². The molecular weight excluding hydrogens is 825 g/mol. The normalized spacial score (nSPS) is 16.2. The lowest BCUT2D eigenvalue weighted by molar-refractivity contribution is -0.155. The minimum atomic E-state index is -1.36. The number of esters is 1. The van der Waals surface area contributed by atoms with E-state index in [1.807, 2.05) is 30.3 Å². The standard InChI is InChI=1S/C48H58N4O12/c1-5-15-32(43(57)38(53)24-25-40(55)51-42(44(49)58)31-18-10-7-11-19-31)26-39(54)37-27-33(63-29-30-16-8-6-9-17-30)28-52(37)46(60)36(22-14-23-41(56)64-48(2,3)4)50-45(59)34-20-12-13-21-35(34)47(61)62/h6-13,16-21,32-33,36-37,42H,5,14-15,22-29H2,1-4H3,(H2,49,58)(H,50,59)(H,51,55)(H,61,62)/t32?,33-,36+,37+,42+/m1/s1. The Morgan fingerprint density at radius 1 is 0.812 bits per heavy atom. The monoisotopic (exact) mass is 882 g/mol. The first-order valence-electron chi connectivity index (χ1n) is 21.4. The maximum Gasteiger partial charge on any atom is 0.336 e. The average Bonchev–Trinajstić information content (AvgIpc) is 3.70. The molecule has 0 radical (unpaired) electrons. The molecule has 4 rings (SSSR count). The molecule has 16 nitrogen and oxygen atoms in total. The van der Waals surface area contributed by atoms with Crippen LogP contribution in [0.3, 0.4) is 0 Å². The number of carbonyl (C=O) groups excluding carboxylic acids is 8. The van der Waals surface area contributed by atoms with E-state index in [2.05, 4.69) is 10.6 Å². The number of Topliss-reactive ketones (excluding diaryl/α,β-unsaturated/α-hetero) is 3. The van der Waals surface area contributed by atoms with Crippen molar-refractivity contribution in [1.82, 2.24) is 15.5 Å². The maximum atomic E-state index is 14.7. The lowest BCUT2D eigenvalue weighted by Crippen LogP contribution is -2.52. The van der Waals surface area contributed by atoms with Gasteiger partial charge in [-0.3, -0.25) is 38.4 Å². The molecule has 1 unspecified atom stereocenters. The van der Waals surface area contributed by atoms with E-state index in [1.54, 1.807) is 58.0 Å². The molecule has 3 aromatic rings. The Labute approximate surface area is 372 Å². The van der Waals surface area contributed by atoms with Gasteiger partial charge in [0.05, 0.1) is 29.9 Å². The fraction of sp³-hybridized carbons (Fsp3) is 0.438. The van der Waals surface area contributed by atoms with Crippen LogP contribution in [0.5, 0.6) is 0 Å². The van der Waals surface area contributed by atoms with E-state index < -0.39 is 108 Å². The molecule has 3 aromatic carbocycles. The summed E-state index contributed by atoms with van der Waals surface area (Å²) in [6, 6.07) is 19.4. The number of carbonyl (C=O) groups is 9. The van der Waals surface area contributed by atoms with Crippen LogP contribution in [0.2, 0.25) is 0 Å². The minimum absolute atomic E-state index is 0.0292. The molecule has 0 bridgehead atoms. The quantitative estimate of drug-likeness (QED) is 0.0699. The fourth-order valence-corrected chi connectivity index (χ4v) is 7.49. The van der Waals surface area contributed by atoms with Crippen LogP contribution in [-0.4, -0.2) is 93.3 Å². The van der Waals surface area contributed by atoms with E-state index in [1.165, 1.54) is 29.2 Å². The molecule has 0 spiro atoms. The average molecular weight is 883 g/mol. The summed E-state index contributed by atoms with van der Waals surface area (Å²) in [7, 11) is 0. The number of nitrogens with one attached hydrogen (secondary N) is 2. The van der Waals surface area contributed by atoms with Crippen molar-refractivity contribution in [1.29, 1.82) is 0 Å². The van der Waals surface area contributed by atoms with Gasteiger partial charge in [0.15, 0.2) is 11.6 Å². The molecule has 0 aromatic heterocycles. The zero-order chi connectivity index (χ0) is 47.0. The maximum absolute atomic E-state index is 14.7. The number of hydrogen-bond donors (Lipinski definition) is 4. The number of nitrogens with zero attached hydrogens (tertiary/aromatic N) is 1. The highest BCUT2D eigenvalue weighted by molar-refractivity contribution is 6.38. The molecule has 0 saturated carbocycles. The van der Waals surface area contributed by atoms with Crippen molar-refractivity contribution < 1.29 is 57.7 Å². The number of ketones is 3. The fourth-order valence-electron chi connectivity index (χ4n) is 7.49. The third-order valence-electron chi connectivity index (χ3n) is 10.6. The van der Waals surface area contributed by atoms with Crippen molar-refractivity contribution >= 4 is 52.9 Å². The Kier molecular flexibility index (Phi) is 18.6. The highest BCUT2D eigenvalue weighted by Crippen LogP contribution is 2.28. The molecule has 4 amide bonds. The smallest absolute Gasteiger partial charge is 0.336 e. The lowest BCUT2D eigenvalue weighted by Gasteiger charge is -2.29. The molecule has 1 aliphatic rings. The Hall–Kier alpha value is -6.55. The van der Waals surface area contributed by atoms with Crippen molar-refractivity contribution in [3.63, 3.8) is 0 Å². The number of carboxylic acids is 1. The summed E-state index contributed by atoms with van der Waals surface area (Å²) < 4.78 is 11.6. The number of amides is 4. The molecule has 0 aliphatic carbocycles. The van der Waals surface area contributed by atoms with Gasteiger partial charge in [-0.05, 0) is 63.3 Å². The molecule has 64 heavy (non-hydrogen) atoms. The number of nitrogens with two attached hydrogens (primary N) is 1. The van der Waals surface area contributed by atoms with Crippen LogP contribution in [0, 0.1) is 5.92 Å². The van der Waals surface area contributed by atoms with Gasteiger partial charge in [0.25, 0.3) is 5.91 Å².